The first kappa shape index (κ1) is 14.9. The molecule has 6 heteroatoms. The zero-order chi connectivity index (χ0) is 14.6. The molecule has 104 valence electrons. The summed E-state index contributed by atoms with van der Waals surface area (Å²) in [7, 11) is 0. The zero-order valence-corrected chi connectivity index (χ0v) is 11.5. The van der Waals surface area contributed by atoms with Crippen molar-refractivity contribution in [3.63, 3.8) is 0 Å². The van der Waals surface area contributed by atoms with Gasteiger partial charge in [0.15, 0.2) is 0 Å². The Morgan fingerprint density at radius 2 is 2.05 bits per heavy atom. The molecule has 0 atom stereocenters. The Hall–Kier alpha value is -2.11. The number of hydrogen-bond acceptors (Lipinski definition) is 4. The Morgan fingerprint density at radius 3 is 2.58 bits per heavy atom. The minimum atomic E-state index is -0.538. The van der Waals surface area contributed by atoms with Crippen molar-refractivity contribution in [1.82, 2.24) is 9.88 Å². The number of aromatic nitrogens is 1. The Balaban J connectivity index is 3.03. The molecule has 0 unspecified atom stereocenters. The van der Waals surface area contributed by atoms with E-state index in [0.717, 1.165) is 0 Å². The highest BCUT2D eigenvalue weighted by Gasteiger charge is 2.21. The highest BCUT2D eigenvalue weighted by Crippen LogP contribution is 2.13. The number of carbonyl (C=O) groups is 2. The summed E-state index contributed by atoms with van der Waals surface area (Å²) < 4.78 is 0. The van der Waals surface area contributed by atoms with E-state index in [1.54, 1.807) is 13.0 Å². The number of anilines is 1. The molecule has 0 radical (unpaired) electrons. The molecule has 0 saturated heterocycles. The van der Waals surface area contributed by atoms with Gasteiger partial charge in [0, 0.05) is 6.54 Å². The number of nitrogens with two attached hydrogens (primary N) is 2. The van der Waals surface area contributed by atoms with Crippen LogP contribution in [0.4, 0.5) is 5.69 Å². The van der Waals surface area contributed by atoms with Crippen LogP contribution < -0.4 is 11.5 Å². The number of hydrogen-bond donors (Lipinski definition) is 2. The van der Waals surface area contributed by atoms with Crippen LogP contribution in [-0.4, -0.2) is 34.8 Å². The van der Waals surface area contributed by atoms with E-state index >= 15 is 0 Å². The average Bonchev–Trinajstić information content (AvgIpc) is 2.29. The number of pyridine rings is 1. The molecule has 0 aliphatic carbocycles. The molecule has 0 aromatic carbocycles. The van der Waals surface area contributed by atoms with Gasteiger partial charge < -0.3 is 16.4 Å². The fraction of sp³-hybridized carbons (Fsp3) is 0.462. The molecule has 0 saturated carbocycles. The molecule has 0 bridgehead atoms. The first-order valence-corrected chi connectivity index (χ1v) is 6.11. The normalized spacial score (nSPS) is 10.5. The largest absolute Gasteiger partial charge is 0.397 e. The van der Waals surface area contributed by atoms with E-state index < -0.39 is 5.91 Å². The third kappa shape index (κ3) is 4.24. The summed E-state index contributed by atoms with van der Waals surface area (Å²) >= 11 is 0. The molecular weight excluding hydrogens is 244 g/mol. The van der Waals surface area contributed by atoms with Gasteiger partial charge in [-0.1, -0.05) is 13.8 Å². The van der Waals surface area contributed by atoms with Gasteiger partial charge in [-0.25, -0.2) is 0 Å². The molecule has 19 heavy (non-hydrogen) atoms. The first-order valence-electron chi connectivity index (χ1n) is 6.11. The molecular formula is C13H20N4O2. The van der Waals surface area contributed by atoms with E-state index in [9.17, 15) is 9.59 Å². The predicted molar refractivity (Wildman–Crippen MR) is 73.3 cm³/mol. The lowest BCUT2D eigenvalue weighted by Crippen LogP contribution is -2.40. The first-order chi connectivity index (χ1) is 8.81. The Labute approximate surface area is 112 Å². The lowest BCUT2D eigenvalue weighted by molar-refractivity contribution is -0.118. The number of amides is 2. The number of aryl methyl sites for hydroxylation is 1. The fourth-order valence-corrected chi connectivity index (χ4v) is 1.78. The molecule has 0 spiro atoms. The van der Waals surface area contributed by atoms with Crippen LogP contribution in [0.3, 0.4) is 0 Å². The number of carbonyl (C=O) groups excluding carboxylic acids is 2. The highest BCUT2D eigenvalue weighted by atomic mass is 16.2. The second-order valence-corrected chi connectivity index (χ2v) is 4.95. The summed E-state index contributed by atoms with van der Waals surface area (Å²) in [5.41, 5.74) is 12.2. The summed E-state index contributed by atoms with van der Waals surface area (Å²) in [5.74, 6) is -0.578. The number of nitrogens with zero attached hydrogens (tertiary/aromatic N) is 2. The lowest BCUT2D eigenvalue weighted by atomic mass is 10.1. The van der Waals surface area contributed by atoms with Crippen LogP contribution in [0.15, 0.2) is 12.3 Å². The van der Waals surface area contributed by atoms with E-state index in [1.807, 2.05) is 13.8 Å². The van der Waals surface area contributed by atoms with Crippen molar-refractivity contribution in [3.05, 3.63) is 23.5 Å². The van der Waals surface area contributed by atoms with Gasteiger partial charge >= 0.3 is 0 Å². The molecule has 1 aromatic rings. The van der Waals surface area contributed by atoms with Crippen LogP contribution >= 0.6 is 0 Å². The summed E-state index contributed by atoms with van der Waals surface area (Å²) in [6.45, 7) is 6.00. The smallest absolute Gasteiger partial charge is 0.256 e. The van der Waals surface area contributed by atoms with E-state index in [0.29, 0.717) is 23.5 Å². The van der Waals surface area contributed by atoms with Crippen LogP contribution in [-0.2, 0) is 4.79 Å². The molecule has 1 rings (SSSR count). The van der Waals surface area contributed by atoms with Crippen molar-refractivity contribution >= 4 is 17.5 Å². The van der Waals surface area contributed by atoms with Crippen molar-refractivity contribution in [2.24, 2.45) is 11.7 Å². The average molecular weight is 264 g/mol. The third-order valence-corrected chi connectivity index (χ3v) is 2.56. The van der Waals surface area contributed by atoms with E-state index in [2.05, 4.69) is 4.98 Å². The monoisotopic (exact) mass is 264 g/mol. The second kappa shape index (κ2) is 6.17. The van der Waals surface area contributed by atoms with Crippen LogP contribution in [0.5, 0.6) is 0 Å². The van der Waals surface area contributed by atoms with Gasteiger partial charge in [0.25, 0.3) is 5.91 Å². The van der Waals surface area contributed by atoms with E-state index in [-0.39, 0.29) is 18.4 Å². The Morgan fingerprint density at radius 1 is 1.42 bits per heavy atom. The van der Waals surface area contributed by atoms with Gasteiger partial charge in [-0.2, -0.15) is 0 Å². The lowest BCUT2D eigenvalue weighted by Gasteiger charge is -2.23. The summed E-state index contributed by atoms with van der Waals surface area (Å²) in [5, 5.41) is 0. The van der Waals surface area contributed by atoms with Crippen LogP contribution in [0.1, 0.15) is 29.9 Å². The summed E-state index contributed by atoms with van der Waals surface area (Å²) in [6, 6.07) is 1.57. The Kier molecular flexibility index (Phi) is 4.86. The summed E-state index contributed by atoms with van der Waals surface area (Å²) in [4.78, 5) is 29.0. The van der Waals surface area contributed by atoms with Crippen LogP contribution in [0.25, 0.3) is 0 Å². The van der Waals surface area contributed by atoms with Crippen molar-refractivity contribution in [1.29, 1.82) is 0 Å². The fourth-order valence-electron chi connectivity index (χ4n) is 1.78. The van der Waals surface area contributed by atoms with E-state index in [1.165, 1.54) is 11.1 Å². The second-order valence-electron chi connectivity index (χ2n) is 4.95. The highest BCUT2D eigenvalue weighted by molar-refractivity contribution is 5.97. The maximum atomic E-state index is 12.4. The van der Waals surface area contributed by atoms with Crippen molar-refractivity contribution in [2.45, 2.75) is 20.8 Å². The number of nitrogen functional groups attached to an aromatic ring is 1. The van der Waals surface area contributed by atoms with Crippen molar-refractivity contribution in [2.75, 3.05) is 18.8 Å². The minimum absolute atomic E-state index is 0.106. The molecule has 0 fully saturated rings. The minimum Gasteiger partial charge on any atom is -0.397 e. The molecule has 1 heterocycles. The molecule has 0 aliphatic heterocycles. The van der Waals surface area contributed by atoms with Crippen LogP contribution in [0.2, 0.25) is 0 Å². The quantitative estimate of drug-likeness (QED) is 0.810. The zero-order valence-electron chi connectivity index (χ0n) is 11.5. The van der Waals surface area contributed by atoms with Gasteiger partial charge in [-0.3, -0.25) is 14.6 Å². The maximum Gasteiger partial charge on any atom is 0.256 e. The van der Waals surface area contributed by atoms with Crippen molar-refractivity contribution in [3.8, 4) is 0 Å². The van der Waals surface area contributed by atoms with Gasteiger partial charge in [0.05, 0.1) is 29.7 Å². The predicted octanol–water partition coefficient (Wildman–Crippen LogP) is 0.556. The van der Waals surface area contributed by atoms with Gasteiger partial charge in [-0.05, 0) is 18.9 Å². The molecule has 6 nitrogen and oxygen atoms in total. The van der Waals surface area contributed by atoms with Crippen molar-refractivity contribution < 1.29 is 9.59 Å². The summed E-state index contributed by atoms with van der Waals surface area (Å²) in [6.07, 6.45) is 1.49. The SMILES string of the molecule is Cc1ncc(N)cc1C(=O)N(CC(N)=O)CC(C)C. The maximum absolute atomic E-state index is 12.4. The standard InChI is InChI=1S/C13H20N4O2/c1-8(2)6-17(7-12(15)18)13(19)11-4-10(14)5-16-9(11)3/h4-5,8H,6-7,14H2,1-3H3,(H2,15,18). The third-order valence-electron chi connectivity index (χ3n) is 2.56. The number of primary amides is 1. The van der Waals surface area contributed by atoms with Crippen LogP contribution in [0, 0.1) is 12.8 Å². The topological polar surface area (TPSA) is 102 Å². The van der Waals surface area contributed by atoms with E-state index in [4.69, 9.17) is 11.5 Å². The number of rotatable bonds is 5. The van der Waals surface area contributed by atoms with Gasteiger partial charge in [0.1, 0.15) is 0 Å². The molecule has 1 aromatic heterocycles. The van der Waals surface area contributed by atoms with Gasteiger partial charge in [0.2, 0.25) is 5.91 Å². The Bertz CT molecular complexity index is 486. The molecule has 2 amide bonds. The molecule has 0 aliphatic rings. The molecule has 4 N–H and O–H groups in total. The van der Waals surface area contributed by atoms with Gasteiger partial charge in [-0.15, -0.1) is 0 Å².